The summed E-state index contributed by atoms with van der Waals surface area (Å²) in [7, 11) is 0. The summed E-state index contributed by atoms with van der Waals surface area (Å²) in [6, 6.07) is 9.53. The molecule has 0 bridgehead atoms. The molecule has 1 N–H and O–H groups in total. The first kappa shape index (κ1) is 14.0. The van der Waals surface area contributed by atoms with Crippen molar-refractivity contribution in [3.8, 4) is 0 Å². The van der Waals surface area contributed by atoms with Gasteiger partial charge in [0.2, 0.25) is 5.91 Å². The van der Waals surface area contributed by atoms with Gasteiger partial charge in [0.1, 0.15) is 0 Å². The maximum Gasteiger partial charge on any atom is 0.224 e. The maximum absolute atomic E-state index is 11.8. The highest BCUT2D eigenvalue weighted by atomic mass is 16.7. The molecule has 1 heterocycles. The molecule has 1 aliphatic rings. The minimum absolute atomic E-state index is 0.0620. The second kappa shape index (κ2) is 7.26. The van der Waals surface area contributed by atoms with Gasteiger partial charge >= 0.3 is 0 Å². The van der Waals surface area contributed by atoms with E-state index in [1.165, 1.54) is 0 Å². The molecule has 0 radical (unpaired) electrons. The van der Waals surface area contributed by atoms with Gasteiger partial charge in [-0.3, -0.25) is 4.79 Å². The number of hydrogen-bond donors (Lipinski definition) is 1. The van der Waals surface area contributed by atoms with Crippen LogP contribution in [-0.4, -0.2) is 25.4 Å². The molecule has 19 heavy (non-hydrogen) atoms. The van der Waals surface area contributed by atoms with Crippen LogP contribution < -0.4 is 5.32 Å². The standard InChI is InChI=1S/C15H21NO3/c1-12(7-8-15-18-9-10-19-15)11-14(17)16-13-5-3-2-4-6-13/h2-6,12,15H,7-11H2,1H3,(H,16,17)/t12-/m1/s1. The molecule has 0 aromatic heterocycles. The van der Waals surface area contributed by atoms with Crippen LogP contribution in [0.15, 0.2) is 30.3 Å². The zero-order chi connectivity index (χ0) is 13.5. The van der Waals surface area contributed by atoms with Gasteiger partial charge in [0.25, 0.3) is 0 Å². The van der Waals surface area contributed by atoms with E-state index in [1.807, 2.05) is 30.3 Å². The fraction of sp³-hybridized carbons (Fsp3) is 0.533. The third-order valence-electron chi connectivity index (χ3n) is 3.18. The summed E-state index contributed by atoms with van der Waals surface area (Å²) in [4.78, 5) is 11.8. The molecule has 4 heteroatoms. The predicted octanol–water partition coefficient (Wildman–Crippen LogP) is 2.80. The fourth-order valence-electron chi connectivity index (χ4n) is 2.15. The number of amides is 1. The lowest BCUT2D eigenvalue weighted by molar-refractivity contribution is -0.117. The van der Waals surface area contributed by atoms with Crippen molar-refractivity contribution in [2.24, 2.45) is 5.92 Å². The van der Waals surface area contributed by atoms with E-state index in [0.717, 1.165) is 18.5 Å². The first-order chi connectivity index (χ1) is 9.24. The largest absolute Gasteiger partial charge is 0.350 e. The van der Waals surface area contributed by atoms with Crippen molar-refractivity contribution in [3.63, 3.8) is 0 Å². The third-order valence-corrected chi connectivity index (χ3v) is 3.18. The molecule has 0 saturated carbocycles. The van der Waals surface area contributed by atoms with Gasteiger partial charge in [0.15, 0.2) is 6.29 Å². The molecule has 1 atom stereocenters. The molecular formula is C15H21NO3. The van der Waals surface area contributed by atoms with Gasteiger partial charge in [-0.1, -0.05) is 25.1 Å². The Labute approximate surface area is 114 Å². The van der Waals surface area contributed by atoms with Crippen molar-refractivity contribution >= 4 is 11.6 Å². The number of anilines is 1. The Morgan fingerprint density at radius 3 is 2.68 bits per heavy atom. The van der Waals surface area contributed by atoms with Crippen LogP contribution in [0.4, 0.5) is 5.69 Å². The summed E-state index contributed by atoms with van der Waals surface area (Å²) < 4.78 is 10.8. The second-order valence-electron chi connectivity index (χ2n) is 4.97. The number of nitrogens with one attached hydrogen (secondary N) is 1. The number of carbonyl (C=O) groups excluding carboxylic acids is 1. The van der Waals surface area contributed by atoms with Gasteiger partial charge in [0.05, 0.1) is 13.2 Å². The Morgan fingerprint density at radius 2 is 2.00 bits per heavy atom. The number of benzene rings is 1. The highest BCUT2D eigenvalue weighted by Gasteiger charge is 2.17. The summed E-state index contributed by atoms with van der Waals surface area (Å²) in [5.41, 5.74) is 0.849. The molecule has 0 spiro atoms. The minimum Gasteiger partial charge on any atom is -0.350 e. The lowest BCUT2D eigenvalue weighted by Gasteiger charge is -2.14. The van der Waals surface area contributed by atoms with E-state index in [2.05, 4.69) is 12.2 Å². The van der Waals surface area contributed by atoms with Crippen LogP contribution in [0, 0.1) is 5.92 Å². The topological polar surface area (TPSA) is 47.6 Å². The van der Waals surface area contributed by atoms with E-state index in [9.17, 15) is 4.79 Å². The molecule has 1 aromatic rings. The lowest BCUT2D eigenvalue weighted by Crippen LogP contribution is -2.16. The Bertz CT molecular complexity index is 388. The zero-order valence-corrected chi connectivity index (χ0v) is 11.3. The van der Waals surface area contributed by atoms with Crippen LogP contribution in [0.1, 0.15) is 26.2 Å². The van der Waals surface area contributed by atoms with E-state index in [0.29, 0.717) is 25.6 Å². The Balaban J connectivity index is 1.66. The summed E-state index contributed by atoms with van der Waals surface area (Å²) in [6.45, 7) is 3.46. The van der Waals surface area contributed by atoms with E-state index in [-0.39, 0.29) is 12.2 Å². The van der Waals surface area contributed by atoms with Gasteiger partial charge in [-0.25, -0.2) is 0 Å². The molecule has 1 amide bonds. The molecule has 1 aliphatic heterocycles. The smallest absolute Gasteiger partial charge is 0.224 e. The average Bonchev–Trinajstić information content (AvgIpc) is 2.90. The molecule has 2 rings (SSSR count). The van der Waals surface area contributed by atoms with Crippen LogP contribution in [-0.2, 0) is 14.3 Å². The first-order valence-electron chi connectivity index (χ1n) is 6.82. The highest BCUT2D eigenvalue weighted by Crippen LogP contribution is 2.17. The van der Waals surface area contributed by atoms with Crippen LogP contribution >= 0.6 is 0 Å². The van der Waals surface area contributed by atoms with E-state index in [4.69, 9.17) is 9.47 Å². The number of ether oxygens (including phenoxy) is 2. The van der Waals surface area contributed by atoms with Crippen molar-refractivity contribution in [2.75, 3.05) is 18.5 Å². The second-order valence-corrected chi connectivity index (χ2v) is 4.97. The molecule has 1 fully saturated rings. The SMILES string of the molecule is C[C@H](CCC1OCCO1)CC(=O)Nc1ccccc1. The fourth-order valence-corrected chi connectivity index (χ4v) is 2.15. The molecule has 4 nitrogen and oxygen atoms in total. The lowest BCUT2D eigenvalue weighted by atomic mass is 10.0. The van der Waals surface area contributed by atoms with E-state index >= 15 is 0 Å². The molecule has 0 unspecified atom stereocenters. The summed E-state index contributed by atoms with van der Waals surface area (Å²) in [5, 5.41) is 2.90. The summed E-state index contributed by atoms with van der Waals surface area (Å²) in [5.74, 6) is 0.392. The maximum atomic E-state index is 11.8. The normalized spacial score (nSPS) is 17.3. The monoisotopic (exact) mass is 263 g/mol. The van der Waals surface area contributed by atoms with E-state index < -0.39 is 0 Å². The predicted molar refractivity (Wildman–Crippen MR) is 73.8 cm³/mol. The van der Waals surface area contributed by atoms with Crippen LogP contribution in [0.3, 0.4) is 0 Å². The first-order valence-corrected chi connectivity index (χ1v) is 6.82. The summed E-state index contributed by atoms with van der Waals surface area (Å²) >= 11 is 0. The van der Waals surface area contributed by atoms with Crippen LogP contribution in [0.25, 0.3) is 0 Å². The zero-order valence-electron chi connectivity index (χ0n) is 11.3. The number of rotatable bonds is 6. The average molecular weight is 263 g/mol. The van der Waals surface area contributed by atoms with Gasteiger partial charge in [-0.2, -0.15) is 0 Å². The number of hydrogen-bond acceptors (Lipinski definition) is 3. The number of carbonyl (C=O) groups is 1. The molecular weight excluding hydrogens is 242 g/mol. The molecule has 1 aromatic carbocycles. The summed E-state index contributed by atoms with van der Waals surface area (Å²) in [6.07, 6.45) is 2.26. The van der Waals surface area contributed by atoms with Gasteiger partial charge in [0, 0.05) is 12.1 Å². The van der Waals surface area contributed by atoms with Crippen LogP contribution in [0.5, 0.6) is 0 Å². The van der Waals surface area contributed by atoms with Gasteiger partial charge in [-0.05, 0) is 30.9 Å². The molecule has 0 aliphatic carbocycles. The van der Waals surface area contributed by atoms with Crippen LogP contribution in [0.2, 0.25) is 0 Å². The van der Waals surface area contributed by atoms with Crippen molar-refractivity contribution in [1.29, 1.82) is 0 Å². The minimum atomic E-state index is -0.0698. The Morgan fingerprint density at radius 1 is 1.32 bits per heavy atom. The van der Waals surface area contributed by atoms with E-state index in [1.54, 1.807) is 0 Å². The van der Waals surface area contributed by atoms with Crippen molar-refractivity contribution < 1.29 is 14.3 Å². The number of para-hydroxylation sites is 1. The Hall–Kier alpha value is -1.39. The molecule has 104 valence electrons. The quantitative estimate of drug-likeness (QED) is 0.858. The van der Waals surface area contributed by atoms with Gasteiger partial charge in [-0.15, -0.1) is 0 Å². The van der Waals surface area contributed by atoms with Gasteiger partial charge < -0.3 is 14.8 Å². The highest BCUT2D eigenvalue weighted by molar-refractivity contribution is 5.90. The van der Waals surface area contributed by atoms with Crippen molar-refractivity contribution in [3.05, 3.63) is 30.3 Å². The Kier molecular flexibility index (Phi) is 5.36. The van der Waals surface area contributed by atoms with Crippen molar-refractivity contribution in [2.45, 2.75) is 32.5 Å². The van der Waals surface area contributed by atoms with Crippen molar-refractivity contribution in [1.82, 2.24) is 0 Å². The molecule has 1 saturated heterocycles. The third kappa shape index (κ3) is 5.01.